The molecule has 2 N–H and O–H groups in total. The van der Waals surface area contributed by atoms with E-state index in [0.717, 1.165) is 12.0 Å². The number of nitrogens with two attached hydrogens (primary N) is 1. The van der Waals surface area contributed by atoms with Crippen molar-refractivity contribution in [2.24, 2.45) is 5.73 Å². The van der Waals surface area contributed by atoms with Crippen molar-refractivity contribution in [1.29, 1.82) is 0 Å². The average molecular weight is 310 g/mol. The van der Waals surface area contributed by atoms with Crippen LogP contribution in [0.2, 0.25) is 5.02 Å². The summed E-state index contributed by atoms with van der Waals surface area (Å²) in [6.45, 7) is 0.820. The molecular weight excluding hydrogens is 293 g/mol. The number of hydrogen-bond donors (Lipinski definition) is 1. The molecule has 0 aromatic heterocycles. The van der Waals surface area contributed by atoms with Crippen LogP contribution in [0.1, 0.15) is 11.1 Å². The fraction of sp³-hybridized carbons (Fsp3) is 0.250. The maximum absolute atomic E-state index is 13.0. The Bertz CT molecular complexity index is 619. The zero-order valence-electron chi connectivity index (χ0n) is 11.7. The Balaban J connectivity index is 2.12. The van der Waals surface area contributed by atoms with Crippen LogP contribution in [0.3, 0.4) is 0 Å². The van der Waals surface area contributed by atoms with Gasteiger partial charge < -0.3 is 15.2 Å². The Morgan fingerprint density at radius 2 is 1.95 bits per heavy atom. The quantitative estimate of drug-likeness (QED) is 0.887. The van der Waals surface area contributed by atoms with Crippen molar-refractivity contribution in [3.8, 4) is 11.5 Å². The summed E-state index contributed by atoms with van der Waals surface area (Å²) in [5.74, 6) is 0.880. The molecule has 2 aromatic rings. The Labute approximate surface area is 128 Å². The summed E-state index contributed by atoms with van der Waals surface area (Å²) < 4.78 is 24.0. The number of ether oxygens (including phenoxy) is 2. The zero-order chi connectivity index (χ0) is 15.2. The first-order valence-electron chi connectivity index (χ1n) is 6.57. The van der Waals surface area contributed by atoms with Gasteiger partial charge in [0, 0.05) is 5.56 Å². The Kier molecular flexibility index (Phi) is 5.42. The summed E-state index contributed by atoms with van der Waals surface area (Å²) in [6.07, 6.45) is 0.778. The van der Waals surface area contributed by atoms with E-state index in [2.05, 4.69) is 0 Å². The van der Waals surface area contributed by atoms with E-state index in [0.29, 0.717) is 28.6 Å². The maximum atomic E-state index is 13.0. The number of hydrogen-bond acceptors (Lipinski definition) is 3. The number of halogens is 2. The molecule has 0 atom stereocenters. The third kappa shape index (κ3) is 4.09. The van der Waals surface area contributed by atoms with Gasteiger partial charge >= 0.3 is 0 Å². The highest BCUT2D eigenvalue weighted by atomic mass is 35.5. The van der Waals surface area contributed by atoms with Crippen LogP contribution in [0, 0.1) is 5.82 Å². The molecule has 2 rings (SSSR count). The smallest absolute Gasteiger partial charge is 0.161 e. The molecule has 0 heterocycles. The number of benzene rings is 2. The summed E-state index contributed by atoms with van der Waals surface area (Å²) in [4.78, 5) is 0. The van der Waals surface area contributed by atoms with Crippen molar-refractivity contribution >= 4 is 11.6 Å². The highest BCUT2D eigenvalue weighted by Crippen LogP contribution is 2.29. The molecule has 5 heteroatoms. The van der Waals surface area contributed by atoms with Gasteiger partial charge in [-0.2, -0.15) is 0 Å². The summed E-state index contributed by atoms with van der Waals surface area (Å²) >= 11 is 5.97. The van der Waals surface area contributed by atoms with Gasteiger partial charge in [0.05, 0.1) is 12.1 Å². The average Bonchev–Trinajstić information content (AvgIpc) is 2.47. The highest BCUT2D eigenvalue weighted by molar-refractivity contribution is 6.31. The minimum Gasteiger partial charge on any atom is -0.493 e. The highest BCUT2D eigenvalue weighted by Gasteiger charge is 2.08. The Hall–Kier alpha value is -1.78. The standard InChI is InChI=1S/C16H17ClFNO2/c1-20-16-8-11(6-7-19)2-5-15(16)21-10-12-3-4-13(18)9-14(12)17/h2-5,8-9H,6-7,10,19H2,1H3. The van der Waals surface area contributed by atoms with E-state index in [1.54, 1.807) is 13.2 Å². The van der Waals surface area contributed by atoms with Crippen molar-refractivity contribution < 1.29 is 13.9 Å². The normalized spacial score (nSPS) is 10.5. The van der Waals surface area contributed by atoms with Crippen molar-refractivity contribution in [1.82, 2.24) is 0 Å². The van der Waals surface area contributed by atoms with E-state index in [-0.39, 0.29) is 12.4 Å². The predicted octanol–water partition coefficient (Wildman–Crippen LogP) is 3.57. The van der Waals surface area contributed by atoms with Gasteiger partial charge in [-0.05, 0) is 42.8 Å². The monoisotopic (exact) mass is 309 g/mol. The van der Waals surface area contributed by atoms with E-state index in [4.69, 9.17) is 26.8 Å². The Morgan fingerprint density at radius 3 is 2.62 bits per heavy atom. The summed E-state index contributed by atoms with van der Waals surface area (Å²) in [5, 5.41) is 0.341. The van der Waals surface area contributed by atoms with Gasteiger partial charge in [0.2, 0.25) is 0 Å². The lowest BCUT2D eigenvalue weighted by Crippen LogP contribution is -2.04. The lowest BCUT2D eigenvalue weighted by atomic mass is 10.1. The van der Waals surface area contributed by atoms with Crippen LogP contribution in [0.4, 0.5) is 4.39 Å². The first-order valence-corrected chi connectivity index (χ1v) is 6.95. The molecule has 0 radical (unpaired) electrons. The molecule has 0 saturated carbocycles. The molecule has 0 spiro atoms. The van der Waals surface area contributed by atoms with Crippen molar-refractivity contribution in [2.45, 2.75) is 13.0 Å². The molecule has 0 aliphatic heterocycles. The third-order valence-electron chi connectivity index (χ3n) is 3.06. The van der Waals surface area contributed by atoms with Gasteiger partial charge in [0.15, 0.2) is 11.5 Å². The van der Waals surface area contributed by atoms with Crippen molar-refractivity contribution in [2.75, 3.05) is 13.7 Å². The molecule has 0 bridgehead atoms. The second-order valence-corrected chi connectivity index (χ2v) is 4.96. The minimum atomic E-state index is -0.368. The predicted molar refractivity (Wildman–Crippen MR) is 81.5 cm³/mol. The van der Waals surface area contributed by atoms with Crippen LogP contribution >= 0.6 is 11.6 Å². The number of methoxy groups -OCH3 is 1. The number of rotatable bonds is 6. The van der Waals surface area contributed by atoms with E-state index in [9.17, 15) is 4.39 Å². The van der Waals surface area contributed by atoms with Gasteiger partial charge in [-0.1, -0.05) is 23.7 Å². The molecule has 0 amide bonds. The van der Waals surface area contributed by atoms with Gasteiger partial charge in [0.1, 0.15) is 12.4 Å². The van der Waals surface area contributed by atoms with Gasteiger partial charge in [-0.25, -0.2) is 4.39 Å². The lowest BCUT2D eigenvalue weighted by Gasteiger charge is -2.13. The van der Waals surface area contributed by atoms with Crippen LogP contribution in [0.25, 0.3) is 0 Å². The largest absolute Gasteiger partial charge is 0.493 e. The second-order valence-electron chi connectivity index (χ2n) is 4.55. The minimum absolute atomic E-state index is 0.242. The zero-order valence-corrected chi connectivity index (χ0v) is 12.5. The first-order chi connectivity index (χ1) is 10.1. The molecule has 0 fully saturated rings. The van der Waals surface area contributed by atoms with E-state index >= 15 is 0 Å². The van der Waals surface area contributed by atoms with Gasteiger partial charge in [0.25, 0.3) is 0 Å². The molecule has 3 nitrogen and oxygen atoms in total. The third-order valence-corrected chi connectivity index (χ3v) is 3.41. The molecule has 0 saturated heterocycles. The van der Waals surface area contributed by atoms with Crippen molar-refractivity contribution in [3.63, 3.8) is 0 Å². The Morgan fingerprint density at radius 1 is 1.14 bits per heavy atom. The van der Waals surface area contributed by atoms with E-state index in [1.165, 1.54) is 12.1 Å². The van der Waals surface area contributed by atoms with Gasteiger partial charge in [-0.3, -0.25) is 0 Å². The molecular formula is C16H17ClFNO2. The summed E-state index contributed by atoms with van der Waals surface area (Å²) in [7, 11) is 1.58. The SMILES string of the molecule is COc1cc(CCN)ccc1OCc1ccc(F)cc1Cl. The van der Waals surface area contributed by atoms with Crippen LogP contribution < -0.4 is 15.2 Å². The fourth-order valence-electron chi connectivity index (χ4n) is 1.95. The molecule has 21 heavy (non-hydrogen) atoms. The van der Waals surface area contributed by atoms with Crippen LogP contribution in [-0.2, 0) is 13.0 Å². The van der Waals surface area contributed by atoms with E-state index < -0.39 is 0 Å². The first kappa shape index (κ1) is 15.6. The molecule has 2 aromatic carbocycles. The molecule has 0 aliphatic rings. The van der Waals surface area contributed by atoms with Crippen LogP contribution in [0.5, 0.6) is 11.5 Å². The lowest BCUT2D eigenvalue weighted by molar-refractivity contribution is 0.284. The molecule has 112 valence electrons. The molecule has 0 aliphatic carbocycles. The van der Waals surface area contributed by atoms with E-state index in [1.807, 2.05) is 18.2 Å². The fourth-order valence-corrected chi connectivity index (χ4v) is 2.17. The maximum Gasteiger partial charge on any atom is 0.161 e. The van der Waals surface area contributed by atoms with Gasteiger partial charge in [-0.15, -0.1) is 0 Å². The molecule has 0 unspecified atom stereocenters. The van der Waals surface area contributed by atoms with Crippen LogP contribution in [-0.4, -0.2) is 13.7 Å². The summed E-state index contributed by atoms with van der Waals surface area (Å²) in [6, 6.07) is 9.90. The summed E-state index contributed by atoms with van der Waals surface area (Å²) in [5.41, 5.74) is 7.34. The topological polar surface area (TPSA) is 44.5 Å². The van der Waals surface area contributed by atoms with Crippen molar-refractivity contribution in [3.05, 3.63) is 58.4 Å². The second kappa shape index (κ2) is 7.29. The van der Waals surface area contributed by atoms with Crippen LogP contribution in [0.15, 0.2) is 36.4 Å².